The minimum Gasteiger partial charge on any atom is -0.383 e. The van der Waals surface area contributed by atoms with Gasteiger partial charge in [0.15, 0.2) is 0 Å². The molecule has 0 bridgehead atoms. The second-order valence-corrected chi connectivity index (χ2v) is 7.82. The summed E-state index contributed by atoms with van der Waals surface area (Å²) < 4.78 is 31.9. The van der Waals surface area contributed by atoms with E-state index in [9.17, 15) is 13.2 Å². The number of benzene rings is 1. The molecular formula is C16H24N2O4S. The molecule has 0 spiro atoms. The van der Waals surface area contributed by atoms with Gasteiger partial charge >= 0.3 is 0 Å². The smallest absolute Gasteiger partial charge is 0.251 e. The normalized spacial score (nSPS) is 19.5. The number of carbonyl (C=O) groups excluding carboxylic acids is 1. The lowest BCUT2D eigenvalue weighted by Crippen LogP contribution is -2.39. The van der Waals surface area contributed by atoms with Crippen LogP contribution in [0.15, 0.2) is 29.2 Å². The molecule has 0 radical (unpaired) electrons. The van der Waals surface area contributed by atoms with E-state index >= 15 is 0 Å². The maximum Gasteiger partial charge on any atom is 0.251 e. The molecule has 1 heterocycles. The summed E-state index contributed by atoms with van der Waals surface area (Å²) in [5.41, 5.74) is 0.340. The van der Waals surface area contributed by atoms with Crippen LogP contribution in [0.1, 0.15) is 30.1 Å². The van der Waals surface area contributed by atoms with Gasteiger partial charge in [0, 0.05) is 32.3 Å². The van der Waals surface area contributed by atoms with Crippen LogP contribution in [0.25, 0.3) is 0 Å². The van der Waals surface area contributed by atoms with Crippen molar-refractivity contribution < 1.29 is 17.9 Å². The molecule has 0 aliphatic carbocycles. The molecular weight excluding hydrogens is 316 g/mol. The first-order chi connectivity index (χ1) is 10.9. The third-order valence-electron chi connectivity index (χ3n) is 3.95. The Morgan fingerprint density at radius 2 is 2.22 bits per heavy atom. The molecule has 7 heteroatoms. The number of sulfonamides is 1. The van der Waals surface area contributed by atoms with Gasteiger partial charge < -0.3 is 10.1 Å². The fourth-order valence-corrected chi connectivity index (χ4v) is 4.32. The summed E-state index contributed by atoms with van der Waals surface area (Å²) in [4.78, 5) is 12.2. The first kappa shape index (κ1) is 17.9. The van der Waals surface area contributed by atoms with Gasteiger partial charge in [-0.15, -0.1) is 0 Å². The number of rotatable bonds is 6. The van der Waals surface area contributed by atoms with Gasteiger partial charge in [-0.05, 0) is 37.0 Å². The molecule has 6 nitrogen and oxygen atoms in total. The quantitative estimate of drug-likeness (QED) is 0.796. The zero-order valence-electron chi connectivity index (χ0n) is 13.6. The highest BCUT2D eigenvalue weighted by Gasteiger charge is 2.29. The molecule has 1 aromatic rings. The Labute approximate surface area is 137 Å². The summed E-state index contributed by atoms with van der Waals surface area (Å²) in [5.74, 6) is 0.0603. The summed E-state index contributed by atoms with van der Waals surface area (Å²) in [6, 6.07) is 6.20. The molecule has 1 amide bonds. The van der Waals surface area contributed by atoms with Crippen molar-refractivity contribution in [1.82, 2.24) is 9.62 Å². The number of amides is 1. The number of ether oxygens (including phenoxy) is 1. The lowest BCUT2D eigenvalue weighted by atomic mass is 10.0. The summed E-state index contributed by atoms with van der Waals surface area (Å²) >= 11 is 0. The van der Waals surface area contributed by atoms with Gasteiger partial charge in [0.2, 0.25) is 10.0 Å². The molecule has 1 unspecified atom stereocenters. The van der Waals surface area contributed by atoms with Gasteiger partial charge in [0.1, 0.15) is 0 Å². The first-order valence-electron chi connectivity index (χ1n) is 7.82. The molecule has 23 heavy (non-hydrogen) atoms. The number of piperidine rings is 1. The maximum atomic E-state index is 12.7. The number of carbonyl (C=O) groups is 1. The maximum absolute atomic E-state index is 12.7. The highest BCUT2D eigenvalue weighted by Crippen LogP contribution is 2.23. The minimum absolute atomic E-state index is 0.172. The van der Waals surface area contributed by atoms with Gasteiger partial charge in [-0.3, -0.25) is 4.79 Å². The van der Waals surface area contributed by atoms with E-state index in [0.29, 0.717) is 37.7 Å². The Morgan fingerprint density at radius 3 is 2.91 bits per heavy atom. The van der Waals surface area contributed by atoms with E-state index < -0.39 is 10.0 Å². The van der Waals surface area contributed by atoms with Gasteiger partial charge in [0.25, 0.3) is 5.91 Å². The van der Waals surface area contributed by atoms with E-state index in [2.05, 4.69) is 12.2 Å². The fourth-order valence-electron chi connectivity index (χ4n) is 2.68. The molecule has 1 aromatic carbocycles. The van der Waals surface area contributed by atoms with Gasteiger partial charge in [-0.1, -0.05) is 13.0 Å². The Balaban J connectivity index is 2.16. The molecule has 1 atom stereocenters. The summed E-state index contributed by atoms with van der Waals surface area (Å²) in [6.45, 7) is 3.93. The molecule has 128 valence electrons. The fraction of sp³-hybridized carbons (Fsp3) is 0.562. The molecule has 2 rings (SSSR count). The third-order valence-corrected chi connectivity index (χ3v) is 5.81. The molecule has 1 fully saturated rings. The standard InChI is InChI=1S/C16H24N2O4S/c1-13-5-4-9-18(12-13)23(20,21)15-7-3-6-14(11-15)16(19)17-8-10-22-2/h3,6-7,11,13H,4-5,8-10,12H2,1-2H3,(H,17,19). The van der Waals surface area contributed by atoms with Crippen LogP contribution in [0.4, 0.5) is 0 Å². The third kappa shape index (κ3) is 4.53. The van der Waals surface area contributed by atoms with E-state index in [1.807, 2.05) is 0 Å². The van der Waals surface area contributed by atoms with Gasteiger partial charge in [0.05, 0.1) is 11.5 Å². The average Bonchev–Trinajstić information content (AvgIpc) is 2.55. The number of nitrogens with zero attached hydrogens (tertiary/aromatic N) is 1. The minimum atomic E-state index is -3.55. The predicted octanol–water partition coefficient (Wildman–Crippen LogP) is 1.48. The monoisotopic (exact) mass is 340 g/mol. The zero-order chi connectivity index (χ0) is 16.9. The van der Waals surface area contributed by atoms with Crippen molar-refractivity contribution in [2.45, 2.75) is 24.7 Å². The Hall–Kier alpha value is -1.44. The van der Waals surface area contributed by atoms with Crippen molar-refractivity contribution in [3.05, 3.63) is 29.8 Å². The number of methoxy groups -OCH3 is 1. The van der Waals surface area contributed by atoms with E-state index in [1.54, 1.807) is 25.3 Å². The topological polar surface area (TPSA) is 75.7 Å². The van der Waals surface area contributed by atoms with Crippen LogP contribution in [-0.2, 0) is 14.8 Å². The molecule has 1 aliphatic heterocycles. The summed E-state index contributed by atoms with van der Waals surface area (Å²) in [5, 5.41) is 2.69. The molecule has 1 N–H and O–H groups in total. The number of nitrogens with one attached hydrogen (secondary N) is 1. The van der Waals surface area contributed by atoms with Crippen LogP contribution >= 0.6 is 0 Å². The zero-order valence-corrected chi connectivity index (χ0v) is 14.4. The lowest BCUT2D eigenvalue weighted by Gasteiger charge is -2.30. The Bertz CT molecular complexity index is 645. The molecule has 1 saturated heterocycles. The van der Waals surface area contributed by atoms with E-state index in [1.165, 1.54) is 10.4 Å². The molecule has 0 aromatic heterocycles. The van der Waals surface area contributed by atoms with Crippen LogP contribution in [0.5, 0.6) is 0 Å². The van der Waals surface area contributed by atoms with Crippen LogP contribution in [-0.4, -0.2) is 52.0 Å². The highest BCUT2D eigenvalue weighted by molar-refractivity contribution is 7.89. The van der Waals surface area contributed by atoms with Crippen molar-refractivity contribution in [2.24, 2.45) is 5.92 Å². The van der Waals surface area contributed by atoms with Crippen LogP contribution in [0.3, 0.4) is 0 Å². The summed E-state index contributed by atoms with van der Waals surface area (Å²) in [7, 11) is -1.99. The Kier molecular flexibility index (Phi) is 6.15. The van der Waals surface area contributed by atoms with Crippen molar-refractivity contribution in [2.75, 3.05) is 33.4 Å². The largest absolute Gasteiger partial charge is 0.383 e. The van der Waals surface area contributed by atoms with E-state index in [4.69, 9.17) is 4.74 Å². The van der Waals surface area contributed by atoms with Crippen molar-refractivity contribution >= 4 is 15.9 Å². The highest BCUT2D eigenvalue weighted by atomic mass is 32.2. The predicted molar refractivity (Wildman–Crippen MR) is 87.8 cm³/mol. The van der Waals surface area contributed by atoms with E-state index in [-0.39, 0.29) is 10.8 Å². The Morgan fingerprint density at radius 1 is 1.43 bits per heavy atom. The van der Waals surface area contributed by atoms with Gasteiger partial charge in [-0.2, -0.15) is 4.31 Å². The molecule has 0 saturated carbocycles. The van der Waals surface area contributed by atoms with Crippen molar-refractivity contribution in [3.8, 4) is 0 Å². The molecule has 1 aliphatic rings. The van der Waals surface area contributed by atoms with Crippen molar-refractivity contribution in [1.29, 1.82) is 0 Å². The average molecular weight is 340 g/mol. The van der Waals surface area contributed by atoms with Crippen LogP contribution < -0.4 is 5.32 Å². The second-order valence-electron chi connectivity index (χ2n) is 5.89. The van der Waals surface area contributed by atoms with E-state index in [0.717, 1.165) is 12.8 Å². The van der Waals surface area contributed by atoms with Crippen LogP contribution in [0, 0.1) is 5.92 Å². The number of hydrogen-bond donors (Lipinski definition) is 1. The SMILES string of the molecule is COCCNC(=O)c1cccc(S(=O)(=O)N2CCCC(C)C2)c1. The van der Waals surface area contributed by atoms with Crippen LogP contribution in [0.2, 0.25) is 0 Å². The van der Waals surface area contributed by atoms with Gasteiger partial charge in [-0.25, -0.2) is 8.42 Å². The summed E-state index contributed by atoms with van der Waals surface area (Å²) in [6.07, 6.45) is 1.92. The first-order valence-corrected chi connectivity index (χ1v) is 9.26. The van der Waals surface area contributed by atoms with Crippen molar-refractivity contribution in [3.63, 3.8) is 0 Å². The lowest BCUT2D eigenvalue weighted by molar-refractivity contribution is 0.0937. The second kappa shape index (κ2) is 7.90. The number of hydrogen-bond acceptors (Lipinski definition) is 4.